The summed E-state index contributed by atoms with van der Waals surface area (Å²) < 4.78 is 5.18. The van der Waals surface area contributed by atoms with Crippen molar-refractivity contribution in [1.29, 1.82) is 0 Å². The van der Waals surface area contributed by atoms with Gasteiger partial charge in [0, 0.05) is 6.54 Å². The van der Waals surface area contributed by atoms with Crippen LogP contribution in [0.4, 0.5) is 4.79 Å². The molecule has 0 saturated carbocycles. The maximum absolute atomic E-state index is 12.1. The Labute approximate surface area is 109 Å². The summed E-state index contributed by atoms with van der Waals surface area (Å²) in [6, 6.07) is -0.608. The number of carboxylic acid groups (broad SMARTS) is 1. The van der Waals surface area contributed by atoms with Crippen LogP contribution in [0.3, 0.4) is 0 Å². The van der Waals surface area contributed by atoms with Gasteiger partial charge >= 0.3 is 12.0 Å². The zero-order chi connectivity index (χ0) is 14.4. The van der Waals surface area contributed by atoms with Crippen molar-refractivity contribution in [3.8, 4) is 0 Å². The molecule has 1 unspecified atom stereocenters. The minimum atomic E-state index is -1.23. The van der Waals surface area contributed by atoms with Crippen LogP contribution in [0.1, 0.15) is 0 Å². The Kier molecular flexibility index (Phi) is 5.52. The molecule has 1 aliphatic heterocycles. The van der Waals surface area contributed by atoms with Crippen LogP contribution < -0.4 is 5.73 Å². The van der Waals surface area contributed by atoms with Crippen molar-refractivity contribution in [2.75, 3.05) is 39.4 Å². The Morgan fingerprint density at radius 1 is 1.37 bits per heavy atom. The lowest BCUT2D eigenvalue weighted by atomic mass is 10.3. The highest BCUT2D eigenvalue weighted by molar-refractivity contribution is 5.86. The highest BCUT2D eigenvalue weighted by atomic mass is 16.5. The summed E-state index contributed by atoms with van der Waals surface area (Å²) >= 11 is 0. The maximum atomic E-state index is 12.1. The maximum Gasteiger partial charge on any atom is 0.323 e. The molecular weight excluding hydrogens is 258 g/mol. The largest absolute Gasteiger partial charge is 0.480 e. The number of urea groups is 1. The Morgan fingerprint density at radius 3 is 2.58 bits per heavy atom. The number of aliphatic hydroxyl groups excluding tert-OH is 1. The van der Waals surface area contributed by atoms with E-state index >= 15 is 0 Å². The molecule has 1 aliphatic rings. The lowest BCUT2D eigenvalue weighted by Crippen LogP contribution is -2.54. The quantitative estimate of drug-likeness (QED) is 0.515. The zero-order valence-electron chi connectivity index (χ0n) is 10.3. The first-order chi connectivity index (χ1) is 8.93. The van der Waals surface area contributed by atoms with E-state index < -0.39 is 37.1 Å². The predicted octanol–water partition coefficient (Wildman–Crippen LogP) is -2.33. The highest BCUT2D eigenvalue weighted by Gasteiger charge is 2.28. The zero-order valence-corrected chi connectivity index (χ0v) is 10.3. The molecule has 4 N–H and O–H groups in total. The van der Waals surface area contributed by atoms with Gasteiger partial charge in [0.1, 0.15) is 13.1 Å². The number of hydrogen-bond acceptors (Lipinski definition) is 5. The van der Waals surface area contributed by atoms with E-state index in [-0.39, 0.29) is 26.3 Å². The predicted molar refractivity (Wildman–Crippen MR) is 62.2 cm³/mol. The summed E-state index contributed by atoms with van der Waals surface area (Å²) in [7, 11) is 0. The van der Waals surface area contributed by atoms with Crippen LogP contribution in [0.2, 0.25) is 0 Å². The fourth-order valence-corrected chi connectivity index (χ4v) is 1.75. The van der Waals surface area contributed by atoms with Gasteiger partial charge in [0.05, 0.1) is 25.9 Å². The lowest BCUT2D eigenvalue weighted by molar-refractivity contribution is -0.138. The van der Waals surface area contributed by atoms with Crippen molar-refractivity contribution < 1.29 is 29.3 Å². The van der Waals surface area contributed by atoms with Crippen LogP contribution in [0.5, 0.6) is 0 Å². The standard InChI is InChI=1S/C10H17N3O6/c11-8(15)4-13(5-9(16)17)10(18)12-1-2-19-7(3-12)6-14/h7,14H,1-6H2,(H2,11,15)(H,16,17). The molecule has 1 atom stereocenters. The molecule has 0 aromatic carbocycles. The molecule has 0 aliphatic carbocycles. The first-order valence-electron chi connectivity index (χ1n) is 5.70. The average Bonchev–Trinajstić information content (AvgIpc) is 2.36. The molecule has 3 amide bonds. The summed E-state index contributed by atoms with van der Waals surface area (Å²) in [5, 5.41) is 17.7. The third kappa shape index (κ3) is 4.72. The normalized spacial score (nSPS) is 19.0. The summed E-state index contributed by atoms with van der Waals surface area (Å²) in [6.45, 7) is -0.656. The van der Waals surface area contributed by atoms with E-state index in [0.29, 0.717) is 0 Å². The molecular formula is C10H17N3O6. The Morgan fingerprint density at radius 2 is 2.05 bits per heavy atom. The van der Waals surface area contributed by atoms with E-state index in [0.717, 1.165) is 4.90 Å². The average molecular weight is 275 g/mol. The molecule has 1 saturated heterocycles. The summed E-state index contributed by atoms with van der Waals surface area (Å²) in [6.07, 6.45) is -0.502. The second-order valence-electron chi connectivity index (χ2n) is 4.12. The number of hydrogen-bond donors (Lipinski definition) is 3. The smallest absolute Gasteiger partial charge is 0.323 e. The molecule has 1 heterocycles. The monoisotopic (exact) mass is 275 g/mol. The lowest BCUT2D eigenvalue weighted by Gasteiger charge is -2.35. The number of ether oxygens (including phenoxy) is 1. The van der Waals surface area contributed by atoms with Gasteiger partial charge in [-0.15, -0.1) is 0 Å². The molecule has 0 bridgehead atoms. The SMILES string of the molecule is NC(=O)CN(CC(=O)O)C(=O)N1CCOC(CO)C1. The minimum absolute atomic E-state index is 0.143. The van der Waals surface area contributed by atoms with Crippen LogP contribution >= 0.6 is 0 Å². The van der Waals surface area contributed by atoms with Crippen molar-refractivity contribution >= 4 is 17.9 Å². The van der Waals surface area contributed by atoms with E-state index in [1.165, 1.54) is 4.90 Å². The molecule has 0 aromatic heterocycles. The number of nitrogens with two attached hydrogens (primary N) is 1. The number of carboxylic acids is 1. The van der Waals surface area contributed by atoms with Gasteiger partial charge in [-0.2, -0.15) is 0 Å². The Balaban J connectivity index is 2.68. The van der Waals surface area contributed by atoms with E-state index in [1.807, 2.05) is 0 Å². The van der Waals surface area contributed by atoms with Gasteiger partial charge in [-0.05, 0) is 0 Å². The topological polar surface area (TPSA) is 133 Å². The van der Waals surface area contributed by atoms with Crippen LogP contribution in [0.15, 0.2) is 0 Å². The van der Waals surface area contributed by atoms with Gasteiger partial charge < -0.3 is 30.5 Å². The van der Waals surface area contributed by atoms with Crippen molar-refractivity contribution in [3.05, 3.63) is 0 Å². The number of rotatable bonds is 5. The van der Waals surface area contributed by atoms with E-state index in [2.05, 4.69) is 0 Å². The number of aliphatic hydroxyl groups is 1. The molecule has 0 radical (unpaired) electrons. The summed E-state index contributed by atoms with van der Waals surface area (Å²) in [4.78, 5) is 35.8. The fraction of sp³-hybridized carbons (Fsp3) is 0.700. The third-order valence-electron chi connectivity index (χ3n) is 2.56. The molecule has 19 heavy (non-hydrogen) atoms. The number of carbonyl (C=O) groups excluding carboxylic acids is 2. The summed E-state index contributed by atoms with van der Waals surface area (Å²) in [5.74, 6) is -2.02. The molecule has 0 aromatic rings. The van der Waals surface area contributed by atoms with Crippen LogP contribution in [0.25, 0.3) is 0 Å². The number of morpholine rings is 1. The molecule has 9 heteroatoms. The number of nitrogens with zero attached hydrogens (tertiary/aromatic N) is 2. The number of carbonyl (C=O) groups is 3. The highest BCUT2D eigenvalue weighted by Crippen LogP contribution is 2.08. The molecule has 9 nitrogen and oxygen atoms in total. The Bertz CT molecular complexity index is 345. The van der Waals surface area contributed by atoms with Crippen LogP contribution in [0, 0.1) is 0 Å². The second-order valence-corrected chi connectivity index (χ2v) is 4.12. The first-order valence-corrected chi connectivity index (χ1v) is 5.70. The first kappa shape index (κ1) is 15.2. The molecule has 108 valence electrons. The molecule has 1 fully saturated rings. The van der Waals surface area contributed by atoms with Gasteiger partial charge in [0.2, 0.25) is 5.91 Å². The van der Waals surface area contributed by atoms with E-state index in [1.54, 1.807) is 0 Å². The third-order valence-corrected chi connectivity index (χ3v) is 2.56. The Hall–Kier alpha value is -1.87. The van der Waals surface area contributed by atoms with Crippen molar-refractivity contribution in [1.82, 2.24) is 9.80 Å². The number of aliphatic carboxylic acids is 1. The number of primary amides is 1. The molecule has 1 rings (SSSR count). The fourth-order valence-electron chi connectivity index (χ4n) is 1.75. The van der Waals surface area contributed by atoms with Gasteiger partial charge in [-0.3, -0.25) is 9.59 Å². The van der Waals surface area contributed by atoms with Gasteiger partial charge in [0.25, 0.3) is 0 Å². The number of amides is 3. The van der Waals surface area contributed by atoms with E-state index in [4.69, 9.17) is 20.7 Å². The van der Waals surface area contributed by atoms with Gasteiger partial charge in [-0.1, -0.05) is 0 Å². The van der Waals surface area contributed by atoms with Crippen LogP contribution in [-0.2, 0) is 14.3 Å². The van der Waals surface area contributed by atoms with Crippen molar-refractivity contribution in [2.45, 2.75) is 6.10 Å². The van der Waals surface area contributed by atoms with Crippen LogP contribution in [-0.4, -0.2) is 83.4 Å². The minimum Gasteiger partial charge on any atom is -0.480 e. The van der Waals surface area contributed by atoms with Crippen molar-refractivity contribution in [2.24, 2.45) is 5.73 Å². The van der Waals surface area contributed by atoms with E-state index in [9.17, 15) is 14.4 Å². The molecule has 0 spiro atoms. The second kappa shape index (κ2) is 6.90. The van der Waals surface area contributed by atoms with Gasteiger partial charge in [0.15, 0.2) is 0 Å². The van der Waals surface area contributed by atoms with Gasteiger partial charge in [-0.25, -0.2) is 4.79 Å². The van der Waals surface area contributed by atoms with Crippen molar-refractivity contribution in [3.63, 3.8) is 0 Å². The summed E-state index contributed by atoms with van der Waals surface area (Å²) in [5.41, 5.74) is 4.98.